The maximum atomic E-state index is 2.26. The molecule has 3 rings (SSSR count). The summed E-state index contributed by atoms with van der Waals surface area (Å²) < 4.78 is 2.26. The SMILES string of the molecule is Cc1cc(-c2ccccc2)[n+](C)c(-c2ccccc2)c1. The Bertz CT molecular complexity index is 655. The van der Waals surface area contributed by atoms with Crippen molar-refractivity contribution in [3.63, 3.8) is 0 Å². The van der Waals surface area contributed by atoms with Crippen molar-refractivity contribution < 1.29 is 4.57 Å². The third-order valence-corrected chi connectivity index (χ3v) is 3.59. The Hall–Kier alpha value is -2.41. The summed E-state index contributed by atoms with van der Waals surface area (Å²) >= 11 is 0. The van der Waals surface area contributed by atoms with Crippen LogP contribution >= 0.6 is 0 Å². The number of hydrogen-bond donors (Lipinski definition) is 0. The van der Waals surface area contributed by atoms with Crippen molar-refractivity contribution in [1.82, 2.24) is 0 Å². The van der Waals surface area contributed by atoms with Crippen molar-refractivity contribution in [3.05, 3.63) is 78.4 Å². The lowest BCUT2D eigenvalue weighted by atomic mass is 10.0. The first kappa shape index (κ1) is 12.6. The summed E-state index contributed by atoms with van der Waals surface area (Å²) in [5.41, 5.74) is 6.25. The van der Waals surface area contributed by atoms with E-state index in [0.29, 0.717) is 0 Å². The zero-order valence-electron chi connectivity index (χ0n) is 11.9. The predicted octanol–water partition coefficient (Wildman–Crippen LogP) is 4.15. The Labute approximate surface area is 120 Å². The minimum absolute atomic E-state index is 1.24. The van der Waals surface area contributed by atoms with Crippen molar-refractivity contribution in [2.24, 2.45) is 7.05 Å². The van der Waals surface area contributed by atoms with Gasteiger partial charge in [0.2, 0.25) is 11.4 Å². The Balaban J connectivity index is 2.22. The summed E-state index contributed by atoms with van der Waals surface area (Å²) in [5.74, 6) is 0. The lowest BCUT2D eigenvalue weighted by Crippen LogP contribution is -2.34. The van der Waals surface area contributed by atoms with Gasteiger partial charge in [-0.25, -0.2) is 0 Å². The van der Waals surface area contributed by atoms with E-state index in [4.69, 9.17) is 0 Å². The molecule has 0 amide bonds. The van der Waals surface area contributed by atoms with E-state index >= 15 is 0 Å². The van der Waals surface area contributed by atoms with Crippen LogP contribution in [-0.2, 0) is 7.05 Å². The van der Waals surface area contributed by atoms with Crippen molar-refractivity contribution >= 4 is 0 Å². The average Bonchev–Trinajstić information content (AvgIpc) is 2.51. The monoisotopic (exact) mass is 260 g/mol. The molecule has 3 aromatic rings. The molecular weight excluding hydrogens is 242 g/mol. The van der Waals surface area contributed by atoms with Gasteiger partial charge in [-0.05, 0) is 36.8 Å². The van der Waals surface area contributed by atoms with Crippen molar-refractivity contribution in [2.75, 3.05) is 0 Å². The second-order valence-corrected chi connectivity index (χ2v) is 5.09. The zero-order valence-corrected chi connectivity index (χ0v) is 11.9. The second-order valence-electron chi connectivity index (χ2n) is 5.09. The van der Waals surface area contributed by atoms with Crippen LogP contribution < -0.4 is 4.57 Å². The minimum Gasteiger partial charge on any atom is -0.194 e. The lowest BCUT2D eigenvalue weighted by Gasteiger charge is -2.07. The molecule has 0 fully saturated rings. The van der Waals surface area contributed by atoms with E-state index in [-0.39, 0.29) is 0 Å². The van der Waals surface area contributed by atoms with Gasteiger partial charge < -0.3 is 0 Å². The van der Waals surface area contributed by atoms with Crippen LogP contribution in [0.4, 0.5) is 0 Å². The first-order valence-corrected chi connectivity index (χ1v) is 6.87. The topological polar surface area (TPSA) is 3.88 Å². The molecule has 0 radical (unpaired) electrons. The number of pyridine rings is 1. The van der Waals surface area contributed by atoms with Crippen LogP contribution in [0.5, 0.6) is 0 Å². The standard InChI is InChI=1S/C19H18N/c1-15-13-18(16-9-5-3-6-10-16)20(2)19(14-15)17-11-7-4-8-12-17/h3-14H,1-2H3/q+1. The Morgan fingerprint density at radius 3 is 1.45 bits per heavy atom. The highest BCUT2D eigenvalue weighted by Gasteiger charge is 2.16. The van der Waals surface area contributed by atoms with E-state index in [1.54, 1.807) is 0 Å². The molecule has 1 aromatic heterocycles. The van der Waals surface area contributed by atoms with Gasteiger partial charge >= 0.3 is 0 Å². The lowest BCUT2D eigenvalue weighted by molar-refractivity contribution is -0.649. The van der Waals surface area contributed by atoms with Crippen molar-refractivity contribution in [3.8, 4) is 22.5 Å². The molecule has 0 saturated heterocycles. The Kier molecular flexibility index (Phi) is 3.34. The summed E-state index contributed by atoms with van der Waals surface area (Å²) in [6.45, 7) is 2.15. The van der Waals surface area contributed by atoms with Gasteiger partial charge in [-0.1, -0.05) is 36.4 Å². The van der Waals surface area contributed by atoms with Crippen LogP contribution in [0.15, 0.2) is 72.8 Å². The molecule has 1 heterocycles. The molecule has 0 unspecified atom stereocenters. The van der Waals surface area contributed by atoms with Crippen LogP contribution in [0.25, 0.3) is 22.5 Å². The number of hydrogen-bond acceptors (Lipinski definition) is 0. The first-order chi connectivity index (χ1) is 9.75. The van der Waals surface area contributed by atoms with E-state index in [1.807, 2.05) is 0 Å². The van der Waals surface area contributed by atoms with Gasteiger partial charge in [0.05, 0.1) is 0 Å². The van der Waals surface area contributed by atoms with E-state index in [9.17, 15) is 0 Å². The minimum atomic E-state index is 1.24. The number of benzene rings is 2. The molecule has 0 spiro atoms. The predicted molar refractivity (Wildman–Crippen MR) is 83.2 cm³/mol. The van der Waals surface area contributed by atoms with E-state index in [2.05, 4.69) is 91.3 Å². The molecule has 0 N–H and O–H groups in total. The second kappa shape index (κ2) is 5.30. The molecule has 2 aromatic carbocycles. The van der Waals surface area contributed by atoms with Crippen LogP contribution in [0.2, 0.25) is 0 Å². The van der Waals surface area contributed by atoms with Gasteiger partial charge in [0.1, 0.15) is 7.05 Å². The van der Waals surface area contributed by atoms with Crippen LogP contribution in [0.3, 0.4) is 0 Å². The van der Waals surface area contributed by atoms with Gasteiger partial charge in [-0.3, -0.25) is 0 Å². The van der Waals surface area contributed by atoms with E-state index in [1.165, 1.54) is 28.1 Å². The smallest absolute Gasteiger partial charge is 0.194 e. The van der Waals surface area contributed by atoms with Gasteiger partial charge in [-0.15, -0.1) is 0 Å². The summed E-state index contributed by atoms with van der Waals surface area (Å²) in [6, 6.07) is 25.5. The average molecular weight is 260 g/mol. The van der Waals surface area contributed by atoms with Crippen LogP contribution in [0, 0.1) is 6.92 Å². The molecule has 0 saturated carbocycles. The molecule has 0 bridgehead atoms. The number of nitrogens with zero attached hydrogens (tertiary/aromatic N) is 1. The number of aryl methyl sites for hydroxylation is 1. The van der Waals surface area contributed by atoms with Crippen LogP contribution in [0.1, 0.15) is 5.56 Å². The Morgan fingerprint density at radius 1 is 0.650 bits per heavy atom. The highest BCUT2D eigenvalue weighted by molar-refractivity contribution is 5.62. The molecule has 20 heavy (non-hydrogen) atoms. The number of aromatic nitrogens is 1. The molecule has 0 aliphatic rings. The molecule has 0 aliphatic carbocycles. The maximum Gasteiger partial charge on any atom is 0.213 e. The molecule has 0 atom stereocenters. The van der Waals surface area contributed by atoms with Gasteiger partial charge in [0.15, 0.2) is 0 Å². The highest BCUT2D eigenvalue weighted by atomic mass is 14.9. The zero-order chi connectivity index (χ0) is 13.9. The summed E-state index contributed by atoms with van der Waals surface area (Å²) in [4.78, 5) is 0. The fourth-order valence-corrected chi connectivity index (χ4v) is 2.57. The number of rotatable bonds is 2. The highest BCUT2D eigenvalue weighted by Crippen LogP contribution is 2.22. The van der Waals surface area contributed by atoms with E-state index in [0.717, 1.165) is 0 Å². The third kappa shape index (κ3) is 2.35. The molecule has 98 valence electrons. The third-order valence-electron chi connectivity index (χ3n) is 3.59. The normalized spacial score (nSPS) is 10.5. The maximum absolute atomic E-state index is 2.26. The molecule has 1 nitrogen and oxygen atoms in total. The fraction of sp³-hybridized carbons (Fsp3) is 0.105. The Morgan fingerprint density at radius 2 is 1.05 bits per heavy atom. The van der Waals surface area contributed by atoms with Crippen molar-refractivity contribution in [2.45, 2.75) is 6.92 Å². The summed E-state index contributed by atoms with van der Waals surface area (Å²) in [5, 5.41) is 0. The van der Waals surface area contributed by atoms with Crippen LogP contribution in [-0.4, -0.2) is 0 Å². The van der Waals surface area contributed by atoms with Gasteiger partial charge in [0.25, 0.3) is 0 Å². The largest absolute Gasteiger partial charge is 0.213 e. The van der Waals surface area contributed by atoms with Crippen molar-refractivity contribution in [1.29, 1.82) is 0 Å². The molecular formula is C19H18N+. The first-order valence-electron chi connectivity index (χ1n) is 6.87. The summed E-state index contributed by atoms with van der Waals surface area (Å²) in [7, 11) is 2.13. The molecule has 0 aliphatic heterocycles. The van der Waals surface area contributed by atoms with E-state index < -0.39 is 0 Å². The van der Waals surface area contributed by atoms with Gasteiger partial charge in [-0.2, -0.15) is 4.57 Å². The van der Waals surface area contributed by atoms with Gasteiger partial charge in [0, 0.05) is 23.3 Å². The summed E-state index contributed by atoms with van der Waals surface area (Å²) in [6.07, 6.45) is 0. The fourth-order valence-electron chi connectivity index (χ4n) is 2.57. The molecule has 1 heteroatoms. The quantitative estimate of drug-likeness (QED) is 0.609.